The molecule has 18 heavy (non-hydrogen) atoms. The second-order valence-electron chi connectivity index (χ2n) is 5.68. The summed E-state index contributed by atoms with van der Waals surface area (Å²) in [5.74, 6) is -0.985. The lowest BCUT2D eigenvalue weighted by atomic mass is 10.1. The number of amides is 1. The molecule has 1 amide bonds. The molecule has 0 aliphatic rings. The van der Waals surface area contributed by atoms with Crippen LogP contribution in [-0.2, 0) is 9.53 Å². The van der Waals surface area contributed by atoms with Crippen molar-refractivity contribution in [3.05, 3.63) is 0 Å². The van der Waals surface area contributed by atoms with Crippen molar-refractivity contribution in [1.82, 2.24) is 4.90 Å². The number of carbonyl (C=O) groups excluding carboxylic acids is 1. The van der Waals surface area contributed by atoms with Gasteiger partial charge in [0.25, 0.3) is 0 Å². The van der Waals surface area contributed by atoms with Crippen molar-refractivity contribution < 1.29 is 19.4 Å². The zero-order valence-corrected chi connectivity index (χ0v) is 13.0. The van der Waals surface area contributed by atoms with E-state index in [1.165, 1.54) is 11.9 Å². The highest BCUT2D eigenvalue weighted by atomic mass is 28.3. The minimum absolute atomic E-state index is 0.372. The van der Waals surface area contributed by atoms with Crippen LogP contribution in [0.1, 0.15) is 19.8 Å². The Morgan fingerprint density at radius 3 is 2.28 bits per heavy atom. The number of rotatable bonds is 7. The normalized spacial score (nSPS) is 12.9. The third-order valence-electron chi connectivity index (χ3n) is 2.68. The summed E-state index contributed by atoms with van der Waals surface area (Å²) in [5, 5.41) is 9.04. The Bertz CT molecular complexity index is 288. The number of aliphatic carboxylic acids is 1. The second-order valence-corrected chi connectivity index (χ2v) is 11.3. The molecule has 6 heteroatoms. The minimum atomic E-state index is -1.24. The molecule has 0 radical (unpaired) electrons. The van der Waals surface area contributed by atoms with Gasteiger partial charge in [-0.3, -0.25) is 4.90 Å². The number of carbonyl (C=O) groups is 2. The van der Waals surface area contributed by atoms with Crippen molar-refractivity contribution in [3.63, 3.8) is 0 Å². The molecule has 0 rings (SSSR count). The largest absolute Gasteiger partial charge is 0.480 e. The first-order valence-corrected chi connectivity index (χ1v) is 10.0. The number of nitrogens with zero attached hydrogens (tertiary/aromatic N) is 1. The lowest BCUT2D eigenvalue weighted by Crippen LogP contribution is -2.42. The molecule has 0 aromatic carbocycles. The molecule has 0 aromatic heterocycles. The van der Waals surface area contributed by atoms with E-state index in [4.69, 9.17) is 9.84 Å². The van der Waals surface area contributed by atoms with E-state index in [-0.39, 0.29) is 0 Å². The van der Waals surface area contributed by atoms with Gasteiger partial charge >= 0.3 is 12.1 Å². The number of hydrogen-bond donors (Lipinski definition) is 1. The molecule has 106 valence electrons. The van der Waals surface area contributed by atoms with Crippen molar-refractivity contribution in [1.29, 1.82) is 0 Å². The molecule has 0 bridgehead atoms. The van der Waals surface area contributed by atoms with Crippen LogP contribution in [0.2, 0.25) is 25.7 Å². The first kappa shape index (κ1) is 17.0. The van der Waals surface area contributed by atoms with Crippen LogP contribution in [0.4, 0.5) is 4.79 Å². The van der Waals surface area contributed by atoms with Crippen LogP contribution in [0, 0.1) is 0 Å². The average molecular weight is 275 g/mol. The monoisotopic (exact) mass is 275 g/mol. The topological polar surface area (TPSA) is 66.8 Å². The summed E-state index contributed by atoms with van der Waals surface area (Å²) in [4.78, 5) is 23.9. The van der Waals surface area contributed by atoms with Crippen LogP contribution >= 0.6 is 0 Å². The fourth-order valence-corrected chi connectivity index (χ4v) is 2.14. The van der Waals surface area contributed by atoms with E-state index in [0.717, 1.165) is 6.04 Å². The highest BCUT2D eigenvalue weighted by molar-refractivity contribution is 6.76. The third-order valence-corrected chi connectivity index (χ3v) is 4.38. The Labute approximate surface area is 110 Å². The van der Waals surface area contributed by atoms with E-state index in [2.05, 4.69) is 19.6 Å². The van der Waals surface area contributed by atoms with Gasteiger partial charge in [-0.15, -0.1) is 0 Å². The Morgan fingerprint density at radius 1 is 1.33 bits per heavy atom. The van der Waals surface area contributed by atoms with Gasteiger partial charge in [0.15, 0.2) is 0 Å². The standard InChI is InChI=1S/C12H25NO4Si/c1-6-7-10(11(14)15)13(2)12(16)17-8-9-18(3,4)5/h10H,6-9H2,1-5H3,(H,14,15)/t10-/m0/s1. The van der Waals surface area contributed by atoms with Gasteiger partial charge in [0, 0.05) is 15.1 Å². The maximum atomic E-state index is 11.7. The van der Waals surface area contributed by atoms with Crippen molar-refractivity contribution in [3.8, 4) is 0 Å². The molecule has 0 saturated carbocycles. The lowest BCUT2D eigenvalue weighted by Gasteiger charge is -2.24. The number of likely N-dealkylation sites (N-methyl/N-ethyl adjacent to an activating group) is 1. The van der Waals surface area contributed by atoms with Crippen LogP contribution in [0.3, 0.4) is 0 Å². The maximum Gasteiger partial charge on any atom is 0.410 e. The van der Waals surface area contributed by atoms with Crippen LogP contribution < -0.4 is 0 Å². The summed E-state index contributed by atoms with van der Waals surface area (Å²) in [6.07, 6.45) is 0.604. The Hall–Kier alpha value is -1.04. The zero-order chi connectivity index (χ0) is 14.3. The third kappa shape index (κ3) is 6.63. The van der Waals surface area contributed by atoms with Gasteiger partial charge in [0.2, 0.25) is 0 Å². The summed E-state index contributed by atoms with van der Waals surface area (Å²) in [7, 11) is 0.242. The highest BCUT2D eigenvalue weighted by Gasteiger charge is 2.26. The molecule has 5 nitrogen and oxygen atoms in total. The highest BCUT2D eigenvalue weighted by Crippen LogP contribution is 2.10. The SMILES string of the molecule is CCC[C@@H](C(=O)O)N(C)C(=O)OCC[Si](C)(C)C. The Balaban J connectivity index is 4.27. The van der Waals surface area contributed by atoms with Gasteiger partial charge in [0.1, 0.15) is 6.04 Å². The molecule has 0 fully saturated rings. The maximum absolute atomic E-state index is 11.7. The molecule has 1 N–H and O–H groups in total. The molecule has 0 unspecified atom stereocenters. The number of carboxylic acid groups (broad SMARTS) is 1. The second kappa shape index (κ2) is 7.40. The van der Waals surface area contributed by atoms with Crippen LogP contribution in [0.15, 0.2) is 0 Å². The first-order chi connectivity index (χ1) is 8.19. The molecule has 0 aliphatic carbocycles. The quantitative estimate of drug-likeness (QED) is 0.725. The summed E-state index contributed by atoms with van der Waals surface area (Å²) >= 11 is 0. The molecular weight excluding hydrogens is 250 g/mol. The van der Waals surface area contributed by atoms with Gasteiger partial charge in [-0.1, -0.05) is 33.0 Å². The van der Waals surface area contributed by atoms with Crippen molar-refractivity contribution in [2.75, 3.05) is 13.7 Å². The predicted octanol–water partition coefficient (Wildman–Crippen LogP) is 2.65. The van der Waals surface area contributed by atoms with Crippen LogP contribution in [0.5, 0.6) is 0 Å². The van der Waals surface area contributed by atoms with Gasteiger partial charge in [0.05, 0.1) is 6.61 Å². The van der Waals surface area contributed by atoms with Gasteiger partial charge in [-0.25, -0.2) is 9.59 Å². The summed E-state index contributed by atoms with van der Waals surface area (Å²) in [6.45, 7) is 8.85. The molecule has 0 aliphatic heterocycles. The molecule has 1 atom stereocenters. The van der Waals surface area contributed by atoms with Crippen molar-refractivity contribution in [2.24, 2.45) is 0 Å². The summed E-state index contributed by atoms with van der Waals surface area (Å²) in [6, 6.07) is 0.0901. The predicted molar refractivity (Wildman–Crippen MR) is 73.6 cm³/mol. The molecule has 0 heterocycles. The zero-order valence-electron chi connectivity index (χ0n) is 12.0. The first-order valence-electron chi connectivity index (χ1n) is 6.31. The number of carboxylic acids is 1. The minimum Gasteiger partial charge on any atom is -0.480 e. The Morgan fingerprint density at radius 2 is 1.89 bits per heavy atom. The van der Waals surface area contributed by atoms with E-state index in [1.54, 1.807) is 0 Å². The fourth-order valence-electron chi connectivity index (χ4n) is 1.43. The van der Waals surface area contributed by atoms with Crippen LogP contribution in [0.25, 0.3) is 0 Å². The van der Waals surface area contributed by atoms with Crippen molar-refractivity contribution in [2.45, 2.75) is 51.5 Å². The van der Waals surface area contributed by atoms with E-state index in [9.17, 15) is 9.59 Å². The number of ether oxygens (including phenoxy) is 1. The Kier molecular flexibility index (Phi) is 6.98. The summed E-state index contributed by atoms with van der Waals surface area (Å²) in [5.41, 5.74) is 0. The lowest BCUT2D eigenvalue weighted by molar-refractivity contribution is -0.142. The van der Waals surface area contributed by atoms with Gasteiger partial charge < -0.3 is 9.84 Å². The van der Waals surface area contributed by atoms with Crippen molar-refractivity contribution >= 4 is 20.1 Å². The van der Waals surface area contributed by atoms with E-state index in [0.29, 0.717) is 19.4 Å². The van der Waals surface area contributed by atoms with Crippen LogP contribution in [-0.4, -0.2) is 49.8 Å². The fraction of sp³-hybridized carbons (Fsp3) is 0.833. The molecular formula is C12H25NO4Si. The van der Waals surface area contributed by atoms with Gasteiger partial charge in [-0.05, 0) is 12.5 Å². The summed E-state index contributed by atoms with van der Waals surface area (Å²) < 4.78 is 5.12. The smallest absolute Gasteiger partial charge is 0.410 e. The van der Waals surface area contributed by atoms with E-state index < -0.39 is 26.2 Å². The number of hydrogen-bond acceptors (Lipinski definition) is 3. The van der Waals surface area contributed by atoms with Gasteiger partial charge in [-0.2, -0.15) is 0 Å². The molecule has 0 aromatic rings. The average Bonchev–Trinajstić information content (AvgIpc) is 2.22. The van der Waals surface area contributed by atoms with E-state index in [1.807, 2.05) is 6.92 Å². The molecule has 0 saturated heterocycles. The molecule has 0 spiro atoms. The van der Waals surface area contributed by atoms with E-state index >= 15 is 0 Å².